The fourth-order valence-electron chi connectivity index (χ4n) is 2.02. The van der Waals surface area contributed by atoms with E-state index in [1.54, 1.807) is 6.33 Å². The molecule has 0 spiro atoms. The molecule has 0 aliphatic carbocycles. The molecule has 1 heterocycles. The number of rotatable bonds is 5. The van der Waals surface area contributed by atoms with Gasteiger partial charge >= 0.3 is 0 Å². The summed E-state index contributed by atoms with van der Waals surface area (Å²) in [5, 5.41) is 11.0. The van der Waals surface area contributed by atoms with Crippen LogP contribution < -0.4 is 11.1 Å². The van der Waals surface area contributed by atoms with Gasteiger partial charge in [0.2, 0.25) is 0 Å². The molecule has 0 amide bonds. The van der Waals surface area contributed by atoms with E-state index in [1.807, 2.05) is 10.6 Å². The molecule has 2 rings (SSSR count). The average Bonchev–Trinajstić information content (AvgIpc) is 2.90. The largest absolute Gasteiger partial charge is 0.370 e. The van der Waals surface area contributed by atoms with Gasteiger partial charge in [-0.3, -0.25) is 4.99 Å². The second-order valence-electron chi connectivity index (χ2n) is 4.99. The first-order chi connectivity index (χ1) is 10.1. The Morgan fingerprint density at radius 2 is 2.09 bits per heavy atom. The van der Waals surface area contributed by atoms with E-state index < -0.39 is 0 Å². The number of aryl methyl sites for hydroxylation is 3. The van der Waals surface area contributed by atoms with Gasteiger partial charge in [0.25, 0.3) is 0 Å². The highest BCUT2D eigenvalue weighted by molar-refractivity contribution is 14.0. The molecule has 0 fully saturated rings. The van der Waals surface area contributed by atoms with Crippen molar-refractivity contribution in [1.82, 2.24) is 14.8 Å². The molecule has 3 N–H and O–H groups in total. The number of nitrogens with two attached hydrogens (primary N) is 1. The molecule has 120 valence electrons. The van der Waals surface area contributed by atoms with Crippen molar-refractivity contribution in [1.29, 1.82) is 0 Å². The van der Waals surface area contributed by atoms with Gasteiger partial charge in [0.1, 0.15) is 12.2 Å². The van der Waals surface area contributed by atoms with Gasteiger partial charge in [0, 0.05) is 18.7 Å². The van der Waals surface area contributed by atoms with Crippen LogP contribution in [0, 0.1) is 13.8 Å². The zero-order valence-corrected chi connectivity index (χ0v) is 15.5. The molecule has 1 aromatic carbocycles. The van der Waals surface area contributed by atoms with Crippen LogP contribution in [0.15, 0.2) is 29.5 Å². The zero-order valence-electron chi connectivity index (χ0n) is 13.2. The van der Waals surface area contributed by atoms with E-state index >= 15 is 0 Å². The number of guanidine groups is 1. The van der Waals surface area contributed by atoms with Gasteiger partial charge in [0.05, 0.1) is 6.54 Å². The molecule has 0 aliphatic heterocycles. The molecule has 0 saturated heterocycles. The maximum atomic E-state index is 5.90. The first-order valence-electron chi connectivity index (χ1n) is 7.11. The van der Waals surface area contributed by atoms with Gasteiger partial charge in [-0.2, -0.15) is 0 Å². The van der Waals surface area contributed by atoms with Crippen LogP contribution >= 0.6 is 24.0 Å². The maximum absolute atomic E-state index is 5.90. The number of aliphatic imine (C=N–C) groups is 1. The highest BCUT2D eigenvalue weighted by atomic mass is 127. The molecular weight excluding hydrogens is 391 g/mol. The fraction of sp³-hybridized carbons (Fsp3) is 0.400. The van der Waals surface area contributed by atoms with E-state index in [0.29, 0.717) is 12.5 Å². The number of nitrogens with one attached hydrogen (secondary N) is 1. The maximum Gasteiger partial charge on any atom is 0.193 e. The van der Waals surface area contributed by atoms with Crippen molar-refractivity contribution in [2.45, 2.75) is 33.7 Å². The summed E-state index contributed by atoms with van der Waals surface area (Å²) in [5.74, 6) is 1.38. The standard InChI is InChI=1S/C15H22N6.HI/c1-4-14-20-18-10-21(14)8-7-17-15(16)19-13-6-5-11(2)12(3)9-13;/h5-6,9-10H,4,7-8H2,1-3H3,(H3,16,17,19);1H. The van der Waals surface area contributed by atoms with E-state index in [-0.39, 0.29) is 24.0 Å². The zero-order chi connectivity index (χ0) is 15.2. The summed E-state index contributed by atoms with van der Waals surface area (Å²) in [6.45, 7) is 7.53. The van der Waals surface area contributed by atoms with Crippen LogP contribution in [-0.2, 0) is 13.0 Å². The molecule has 0 saturated carbocycles. The molecule has 7 heteroatoms. The number of aromatic nitrogens is 3. The van der Waals surface area contributed by atoms with Gasteiger partial charge in [0.15, 0.2) is 5.96 Å². The second-order valence-corrected chi connectivity index (χ2v) is 4.99. The Morgan fingerprint density at radius 1 is 1.32 bits per heavy atom. The second kappa shape index (κ2) is 8.72. The van der Waals surface area contributed by atoms with E-state index in [1.165, 1.54) is 11.1 Å². The molecule has 0 bridgehead atoms. The lowest BCUT2D eigenvalue weighted by Crippen LogP contribution is -2.23. The first kappa shape index (κ1) is 18.4. The van der Waals surface area contributed by atoms with E-state index in [4.69, 9.17) is 5.73 Å². The van der Waals surface area contributed by atoms with Crippen molar-refractivity contribution in [2.75, 3.05) is 11.9 Å². The van der Waals surface area contributed by atoms with Crippen LogP contribution in [0.4, 0.5) is 5.69 Å². The van der Waals surface area contributed by atoms with Crippen molar-refractivity contribution in [2.24, 2.45) is 10.7 Å². The third-order valence-corrected chi connectivity index (χ3v) is 3.41. The molecule has 0 aliphatic rings. The minimum absolute atomic E-state index is 0. The lowest BCUT2D eigenvalue weighted by molar-refractivity contribution is 0.666. The van der Waals surface area contributed by atoms with E-state index in [0.717, 1.165) is 24.5 Å². The molecule has 22 heavy (non-hydrogen) atoms. The lowest BCUT2D eigenvalue weighted by atomic mass is 10.1. The predicted molar refractivity (Wildman–Crippen MR) is 101 cm³/mol. The van der Waals surface area contributed by atoms with Gasteiger partial charge in [-0.15, -0.1) is 34.2 Å². The summed E-state index contributed by atoms with van der Waals surface area (Å²) in [4.78, 5) is 4.33. The Kier molecular flexibility index (Phi) is 7.30. The summed E-state index contributed by atoms with van der Waals surface area (Å²) in [5.41, 5.74) is 9.35. The molecule has 0 radical (unpaired) electrons. The van der Waals surface area contributed by atoms with Crippen molar-refractivity contribution in [3.8, 4) is 0 Å². The van der Waals surface area contributed by atoms with Crippen LogP contribution in [0.3, 0.4) is 0 Å². The Balaban J connectivity index is 0.00000242. The SMILES string of the molecule is CCc1nncn1CCN=C(N)Nc1ccc(C)c(C)c1.I. The quantitative estimate of drug-likeness (QED) is 0.448. The summed E-state index contributed by atoms with van der Waals surface area (Å²) in [6.07, 6.45) is 2.58. The monoisotopic (exact) mass is 414 g/mol. The van der Waals surface area contributed by atoms with Crippen molar-refractivity contribution in [3.05, 3.63) is 41.5 Å². The average molecular weight is 414 g/mol. The molecule has 6 nitrogen and oxygen atoms in total. The van der Waals surface area contributed by atoms with Gasteiger partial charge in [-0.1, -0.05) is 13.0 Å². The molecule has 0 atom stereocenters. The Hall–Kier alpha value is -1.64. The smallest absolute Gasteiger partial charge is 0.193 e. The highest BCUT2D eigenvalue weighted by Gasteiger charge is 2.01. The van der Waals surface area contributed by atoms with Crippen LogP contribution in [0.5, 0.6) is 0 Å². The van der Waals surface area contributed by atoms with Crippen LogP contribution in [0.25, 0.3) is 0 Å². The van der Waals surface area contributed by atoms with Crippen molar-refractivity contribution in [3.63, 3.8) is 0 Å². The van der Waals surface area contributed by atoms with Crippen LogP contribution in [-0.4, -0.2) is 27.3 Å². The van der Waals surface area contributed by atoms with Crippen LogP contribution in [0.1, 0.15) is 23.9 Å². The third kappa shape index (κ3) is 4.97. The van der Waals surface area contributed by atoms with Gasteiger partial charge in [-0.25, -0.2) is 0 Å². The normalized spacial score (nSPS) is 11.1. The minimum Gasteiger partial charge on any atom is -0.370 e. The number of halogens is 1. The Bertz CT molecular complexity index is 635. The molecule has 0 unspecified atom stereocenters. The van der Waals surface area contributed by atoms with E-state index in [9.17, 15) is 0 Å². The Morgan fingerprint density at radius 3 is 2.77 bits per heavy atom. The summed E-state index contributed by atoms with van der Waals surface area (Å²) in [6, 6.07) is 6.13. The molecule has 1 aromatic heterocycles. The van der Waals surface area contributed by atoms with Crippen molar-refractivity contribution >= 4 is 35.6 Å². The number of hydrogen-bond acceptors (Lipinski definition) is 3. The summed E-state index contributed by atoms with van der Waals surface area (Å²) < 4.78 is 1.99. The lowest BCUT2D eigenvalue weighted by Gasteiger charge is -2.08. The highest BCUT2D eigenvalue weighted by Crippen LogP contribution is 2.13. The van der Waals surface area contributed by atoms with Crippen molar-refractivity contribution < 1.29 is 0 Å². The number of anilines is 1. The van der Waals surface area contributed by atoms with Crippen LogP contribution in [0.2, 0.25) is 0 Å². The first-order valence-corrected chi connectivity index (χ1v) is 7.11. The Labute approximate surface area is 148 Å². The number of benzene rings is 1. The topological polar surface area (TPSA) is 81.1 Å². The minimum atomic E-state index is 0. The summed E-state index contributed by atoms with van der Waals surface area (Å²) in [7, 11) is 0. The van der Waals surface area contributed by atoms with Gasteiger partial charge in [-0.05, 0) is 37.1 Å². The summed E-state index contributed by atoms with van der Waals surface area (Å²) >= 11 is 0. The number of hydrogen-bond donors (Lipinski definition) is 2. The van der Waals surface area contributed by atoms with Gasteiger partial charge < -0.3 is 15.6 Å². The molecular formula is C15H23IN6. The fourth-order valence-corrected chi connectivity index (χ4v) is 2.02. The van der Waals surface area contributed by atoms with E-state index in [2.05, 4.69) is 53.4 Å². The molecule has 2 aromatic rings. The predicted octanol–water partition coefficient (Wildman–Crippen LogP) is 2.50. The third-order valence-electron chi connectivity index (χ3n) is 3.41. The number of nitrogens with zero attached hydrogens (tertiary/aromatic N) is 4.